The van der Waals surface area contributed by atoms with Crippen LogP contribution in [-0.4, -0.2) is 37.1 Å². The molecule has 0 radical (unpaired) electrons. The van der Waals surface area contributed by atoms with Gasteiger partial charge in [-0.2, -0.15) is 0 Å². The highest BCUT2D eigenvalue weighted by Crippen LogP contribution is 2.35. The molecule has 1 aromatic carbocycles. The zero-order valence-corrected chi connectivity index (χ0v) is 10.9. The number of hydrogen-bond donors (Lipinski definition) is 0. The van der Waals surface area contributed by atoms with E-state index in [1.807, 2.05) is 23.1 Å². The van der Waals surface area contributed by atoms with Crippen LogP contribution < -0.4 is 0 Å². The lowest BCUT2D eigenvalue weighted by molar-refractivity contribution is -0.130. The smallest absolute Gasteiger partial charge is 0.260 e. The van der Waals surface area contributed by atoms with E-state index in [1.165, 1.54) is 10.5 Å². The van der Waals surface area contributed by atoms with Crippen LogP contribution in [0, 0.1) is 0 Å². The standard InChI is InChI=1S/C14H15NO2S/c16-14(15-7-9-17-10-8-15)13-6-5-11-3-1-2-4-12(11)18-13/h1-4,6H,5,7-10H2. The molecule has 2 aliphatic heterocycles. The molecule has 1 amide bonds. The van der Waals surface area contributed by atoms with Crippen LogP contribution in [0.3, 0.4) is 0 Å². The first kappa shape index (κ1) is 11.8. The Morgan fingerprint density at radius 3 is 2.83 bits per heavy atom. The van der Waals surface area contributed by atoms with Crippen LogP contribution in [-0.2, 0) is 16.0 Å². The molecule has 0 N–H and O–H groups in total. The summed E-state index contributed by atoms with van der Waals surface area (Å²) in [5.74, 6) is 0.151. The first-order chi connectivity index (χ1) is 8.84. The zero-order chi connectivity index (χ0) is 12.4. The molecule has 2 heterocycles. The molecule has 3 nitrogen and oxygen atoms in total. The van der Waals surface area contributed by atoms with Crippen molar-refractivity contribution >= 4 is 17.7 Å². The van der Waals surface area contributed by atoms with E-state index < -0.39 is 0 Å². The van der Waals surface area contributed by atoms with Crippen LogP contribution in [0.25, 0.3) is 0 Å². The largest absolute Gasteiger partial charge is 0.378 e. The highest BCUT2D eigenvalue weighted by atomic mass is 32.2. The van der Waals surface area contributed by atoms with Gasteiger partial charge in [0.25, 0.3) is 5.91 Å². The SMILES string of the molecule is O=C(C1=CCc2ccccc2S1)N1CCOCC1. The number of ether oxygens (including phenoxy) is 1. The average Bonchev–Trinajstić information content (AvgIpc) is 2.47. The Morgan fingerprint density at radius 2 is 2.00 bits per heavy atom. The number of hydrogen-bond acceptors (Lipinski definition) is 3. The maximum atomic E-state index is 12.3. The molecule has 0 bridgehead atoms. The van der Waals surface area contributed by atoms with Crippen molar-refractivity contribution in [3.63, 3.8) is 0 Å². The zero-order valence-electron chi connectivity index (χ0n) is 10.1. The number of carbonyl (C=O) groups excluding carboxylic acids is 1. The summed E-state index contributed by atoms with van der Waals surface area (Å²) in [5.41, 5.74) is 1.31. The Kier molecular flexibility index (Phi) is 3.39. The number of thioether (sulfide) groups is 1. The van der Waals surface area contributed by atoms with Crippen LogP contribution in [0.1, 0.15) is 5.56 Å². The monoisotopic (exact) mass is 261 g/mol. The van der Waals surface area contributed by atoms with Crippen LogP contribution in [0.5, 0.6) is 0 Å². The number of benzene rings is 1. The minimum Gasteiger partial charge on any atom is -0.378 e. The third-order valence-electron chi connectivity index (χ3n) is 3.21. The summed E-state index contributed by atoms with van der Waals surface area (Å²) in [7, 11) is 0. The highest BCUT2D eigenvalue weighted by Gasteiger charge is 2.23. The summed E-state index contributed by atoms with van der Waals surface area (Å²) >= 11 is 1.59. The lowest BCUT2D eigenvalue weighted by Gasteiger charge is -2.28. The lowest BCUT2D eigenvalue weighted by atomic mass is 10.1. The Labute approximate surface area is 111 Å². The van der Waals surface area contributed by atoms with Crippen LogP contribution >= 0.6 is 11.8 Å². The fourth-order valence-electron chi connectivity index (χ4n) is 2.19. The minimum absolute atomic E-state index is 0.151. The third-order valence-corrected chi connectivity index (χ3v) is 4.39. The van der Waals surface area contributed by atoms with Crippen molar-refractivity contribution in [2.45, 2.75) is 11.3 Å². The molecule has 1 aromatic rings. The Morgan fingerprint density at radius 1 is 1.22 bits per heavy atom. The fourth-order valence-corrected chi connectivity index (χ4v) is 3.24. The number of nitrogens with zero attached hydrogens (tertiary/aromatic N) is 1. The first-order valence-corrected chi connectivity index (χ1v) is 6.99. The molecule has 0 atom stereocenters. The predicted octanol–water partition coefficient (Wildman–Crippen LogP) is 2.08. The van der Waals surface area contributed by atoms with E-state index in [0.29, 0.717) is 26.3 Å². The van der Waals surface area contributed by atoms with E-state index in [0.717, 1.165) is 11.3 Å². The van der Waals surface area contributed by atoms with Crippen LogP contribution in [0.2, 0.25) is 0 Å². The number of fused-ring (bicyclic) bond motifs is 1. The van der Waals surface area contributed by atoms with Gasteiger partial charge in [0.1, 0.15) is 0 Å². The second kappa shape index (κ2) is 5.16. The maximum absolute atomic E-state index is 12.3. The molecule has 2 aliphatic rings. The molecule has 0 aromatic heterocycles. The molecule has 0 unspecified atom stereocenters. The summed E-state index contributed by atoms with van der Waals surface area (Å²) in [6, 6.07) is 8.27. The van der Waals surface area contributed by atoms with E-state index in [4.69, 9.17) is 4.74 Å². The Bertz CT molecular complexity index is 492. The fraction of sp³-hybridized carbons (Fsp3) is 0.357. The molecule has 3 rings (SSSR count). The molecular weight excluding hydrogens is 246 g/mol. The predicted molar refractivity (Wildman–Crippen MR) is 71.5 cm³/mol. The summed E-state index contributed by atoms with van der Waals surface area (Å²) in [5, 5.41) is 0. The number of morpholine rings is 1. The number of rotatable bonds is 1. The topological polar surface area (TPSA) is 29.5 Å². The summed E-state index contributed by atoms with van der Waals surface area (Å²) < 4.78 is 5.27. The molecule has 0 saturated carbocycles. The first-order valence-electron chi connectivity index (χ1n) is 6.17. The van der Waals surface area contributed by atoms with Crippen molar-refractivity contribution in [2.24, 2.45) is 0 Å². The number of carbonyl (C=O) groups is 1. The minimum atomic E-state index is 0.151. The van der Waals surface area contributed by atoms with Gasteiger partial charge >= 0.3 is 0 Å². The van der Waals surface area contributed by atoms with Crippen molar-refractivity contribution in [1.82, 2.24) is 4.90 Å². The number of amides is 1. The average molecular weight is 261 g/mol. The Balaban J connectivity index is 1.74. The molecule has 0 aliphatic carbocycles. The van der Waals surface area contributed by atoms with E-state index in [1.54, 1.807) is 11.8 Å². The van der Waals surface area contributed by atoms with Gasteiger partial charge in [0.2, 0.25) is 0 Å². The third kappa shape index (κ3) is 2.31. The van der Waals surface area contributed by atoms with Crippen molar-refractivity contribution in [1.29, 1.82) is 0 Å². The quantitative estimate of drug-likeness (QED) is 0.775. The van der Waals surface area contributed by atoms with Crippen molar-refractivity contribution < 1.29 is 9.53 Å². The van der Waals surface area contributed by atoms with E-state index in [-0.39, 0.29) is 5.91 Å². The van der Waals surface area contributed by atoms with Gasteiger partial charge in [0, 0.05) is 18.0 Å². The summed E-state index contributed by atoms with van der Waals surface area (Å²) in [6.07, 6.45) is 2.90. The van der Waals surface area contributed by atoms with Crippen molar-refractivity contribution in [3.05, 3.63) is 40.8 Å². The normalized spacial score (nSPS) is 19.1. The maximum Gasteiger partial charge on any atom is 0.260 e. The molecule has 4 heteroatoms. The van der Waals surface area contributed by atoms with Gasteiger partial charge in [-0.15, -0.1) is 0 Å². The van der Waals surface area contributed by atoms with Gasteiger partial charge in [-0.25, -0.2) is 0 Å². The van der Waals surface area contributed by atoms with E-state index in [2.05, 4.69) is 12.1 Å². The summed E-state index contributed by atoms with van der Waals surface area (Å²) in [6.45, 7) is 2.72. The molecule has 18 heavy (non-hydrogen) atoms. The van der Waals surface area contributed by atoms with Crippen LogP contribution in [0.15, 0.2) is 40.1 Å². The van der Waals surface area contributed by atoms with Gasteiger partial charge < -0.3 is 9.64 Å². The highest BCUT2D eigenvalue weighted by molar-refractivity contribution is 8.04. The Hall–Kier alpha value is -1.26. The second-order valence-corrected chi connectivity index (χ2v) is 5.47. The molecule has 0 spiro atoms. The van der Waals surface area contributed by atoms with Crippen molar-refractivity contribution in [3.8, 4) is 0 Å². The van der Waals surface area contributed by atoms with Crippen molar-refractivity contribution in [2.75, 3.05) is 26.3 Å². The van der Waals surface area contributed by atoms with Gasteiger partial charge in [-0.1, -0.05) is 36.0 Å². The van der Waals surface area contributed by atoms with Gasteiger partial charge in [-0.3, -0.25) is 4.79 Å². The van der Waals surface area contributed by atoms with E-state index in [9.17, 15) is 4.79 Å². The molecular formula is C14H15NO2S. The van der Waals surface area contributed by atoms with Gasteiger partial charge in [0.15, 0.2) is 0 Å². The summed E-state index contributed by atoms with van der Waals surface area (Å²) in [4.78, 5) is 16.3. The molecule has 1 fully saturated rings. The van der Waals surface area contributed by atoms with Gasteiger partial charge in [-0.05, 0) is 18.1 Å². The van der Waals surface area contributed by atoms with E-state index >= 15 is 0 Å². The second-order valence-electron chi connectivity index (χ2n) is 4.39. The lowest BCUT2D eigenvalue weighted by Crippen LogP contribution is -2.41. The molecule has 1 saturated heterocycles. The number of allylic oxidation sites excluding steroid dienone is 1. The molecule has 94 valence electrons. The van der Waals surface area contributed by atoms with Crippen LogP contribution in [0.4, 0.5) is 0 Å². The van der Waals surface area contributed by atoms with Gasteiger partial charge in [0.05, 0.1) is 18.1 Å².